The number of anilines is 1. The highest BCUT2D eigenvalue weighted by atomic mass is 35.5. The third-order valence-electron chi connectivity index (χ3n) is 8.00. The molecule has 0 radical (unpaired) electrons. The van der Waals surface area contributed by atoms with Crippen molar-refractivity contribution in [2.45, 2.75) is 70.2 Å². The molecule has 0 unspecified atom stereocenters. The maximum atomic E-state index is 13.5. The number of benzene rings is 1. The summed E-state index contributed by atoms with van der Waals surface area (Å²) in [6.45, 7) is 6.15. The van der Waals surface area contributed by atoms with Gasteiger partial charge in [-0.3, -0.25) is 18.1 Å². The van der Waals surface area contributed by atoms with Crippen LogP contribution in [-0.2, 0) is 32.3 Å². The lowest BCUT2D eigenvalue weighted by Crippen LogP contribution is -2.42. The van der Waals surface area contributed by atoms with E-state index in [1.54, 1.807) is 29.7 Å². The van der Waals surface area contributed by atoms with Crippen LogP contribution in [0, 0.1) is 5.92 Å². The monoisotopic (exact) mass is 637 g/mol. The summed E-state index contributed by atoms with van der Waals surface area (Å²) in [5.74, 6) is 0.561. The van der Waals surface area contributed by atoms with E-state index in [1.165, 1.54) is 6.33 Å². The normalized spacial score (nSPS) is 30.4. The second kappa shape index (κ2) is 11.8. The minimum absolute atomic E-state index is 0.0213. The van der Waals surface area contributed by atoms with Gasteiger partial charge in [0, 0.05) is 11.4 Å². The second-order valence-electron chi connectivity index (χ2n) is 10.8. The van der Waals surface area contributed by atoms with Crippen molar-refractivity contribution in [3.8, 4) is 5.88 Å². The van der Waals surface area contributed by atoms with Crippen LogP contribution in [-0.4, -0.2) is 63.3 Å². The molecule has 3 saturated heterocycles. The molecule has 3 aromatic rings. The average molecular weight is 638 g/mol. The standard InChI is InChI=1S/C27H33ClN5O9P/c1-4-15(5-2)12-36-23-20-22(31-25(29)32-23)33(14-30-20)24-27(3)21(40-26(34)41-27)19(39-24)13-38-43(35)37-10-9-18(42-43)16-7-6-8-17(28)11-16/h6-8,11,14-15,18-19,21,24H,4-5,9-10,12-13H2,1-3H3,(H2,29,31,32)/t18-,19+,21+,24+,27+,43+/m0/s1. The third kappa shape index (κ3) is 5.79. The van der Waals surface area contributed by atoms with Crippen molar-refractivity contribution in [1.82, 2.24) is 19.5 Å². The molecule has 14 nitrogen and oxygen atoms in total. The SMILES string of the molecule is CCC(CC)COc1nc(N)nc2c1ncn2[C@@H]1O[C@H](CO[P@@]2(=O)OCC[C@@H](c3cccc(Cl)c3)O2)[C@H]2OC(=O)O[C@]21C. The van der Waals surface area contributed by atoms with Gasteiger partial charge in [-0.25, -0.2) is 14.3 Å². The number of carbonyl (C=O) groups is 1. The van der Waals surface area contributed by atoms with E-state index in [0.717, 1.165) is 18.4 Å². The third-order valence-corrected chi connectivity index (χ3v) is 9.71. The van der Waals surface area contributed by atoms with Crippen LogP contribution >= 0.6 is 19.4 Å². The largest absolute Gasteiger partial charge is 0.509 e. The molecule has 0 spiro atoms. The Bertz CT molecular complexity index is 1550. The number of nitrogens with two attached hydrogens (primary N) is 1. The number of halogens is 1. The second-order valence-corrected chi connectivity index (χ2v) is 12.9. The Morgan fingerprint density at radius 2 is 2.09 bits per heavy atom. The molecule has 2 aromatic heterocycles. The van der Waals surface area contributed by atoms with Crippen molar-refractivity contribution in [3.05, 3.63) is 41.2 Å². The number of hydrogen-bond acceptors (Lipinski definition) is 13. The Labute approximate surface area is 252 Å². The average Bonchev–Trinajstić information content (AvgIpc) is 3.61. The lowest BCUT2D eigenvalue weighted by Gasteiger charge is -2.30. The summed E-state index contributed by atoms with van der Waals surface area (Å²) in [6, 6.07) is 7.08. The van der Waals surface area contributed by atoms with E-state index in [1.807, 2.05) is 6.07 Å². The molecule has 16 heteroatoms. The van der Waals surface area contributed by atoms with Crippen molar-refractivity contribution in [2.24, 2.45) is 5.92 Å². The summed E-state index contributed by atoms with van der Waals surface area (Å²) in [5.41, 5.74) is 6.16. The number of aromatic nitrogens is 4. The summed E-state index contributed by atoms with van der Waals surface area (Å²) >= 11 is 6.12. The first-order valence-corrected chi connectivity index (χ1v) is 16.0. The van der Waals surface area contributed by atoms with E-state index in [4.69, 9.17) is 49.9 Å². The number of imidazole rings is 1. The highest BCUT2D eigenvalue weighted by Crippen LogP contribution is 2.58. The Kier molecular flexibility index (Phi) is 8.26. The predicted molar refractivity (Wildman–Crippen MR) is 152 cm³/mol. The molecule has 1 aromatic carbocycles. The predicted octanol–water partition coefficient (Wildman–Crippen LogP) is 5.37. The molecule has 2 N–H and O–H groups in total. The Morgan fingerprint density at radius 1 is 1.28 bits per heavy atom. The molecule has 3 aliphatic heterocycles. The van der Waals surface area contributed by atoms with Crippen LogP contribution < -0.4 is 10.5 Å². The van der Waals surface area contributed by atoms with E-state index >= 15 is 0 Å². The van der Waals surface area contributed by atoms with Gasteiger partial charge in [-0.15, -0.1) is 0 Å². The number of rotatable bonds is 10. The number of nitrogen functional groups attached to an aromatic ring is 1. The molecule has 232 valence electrons. The Morgan fingerprint density at radius 3 is 2.86 bits per heavy atom. The summed E-state index contributed by atoms with van der Waals surface area (Å²) < 4.78 is 55.3. The van der Waals surface area contributed by atoms with Crippen molar-refractivity contribution < 1.29 is 41.9 Å². The number of ether oxygens (including phenoxy) is 4. The van der Waals surface area contributed by atoms with Gasteiger partial charge in [0.15, 0.2) is 29.1 Å². The lowest BCUT2D eigenvalue weighted by atomic mass is 9.96. The molecule has 3 aliphatic rings. The van der Waals surface area contributed by atoms with E-state index < -0.39 is 44.1 Å². The number of phosphoric acid groups is 1. The van der Waals surface area contributed by atoms with Crippen LogP contribution in [0.4, 0.5) is 10.7 Å². The smallest absolute Gasteiger partial charge is 0.476 e. The van der Waals surface area contributed by atoms with Gasteiger partial charge in [0.2, 0.25) is 11.8 Å². The van der Waals surface area contributed by atoms with Crippen LogP contribution in [0.15, 0.2) is 30.6 Å². The number of phosphoric ester groups is 1. The Hall–Kier alpha value is -3.00. The number of nitrogens with zero attached hydrogens (tertiary/aromatic N) is 4. The van der Waals surface area contributed by atoms with E-state index in [0.29, 0.717) is 35.1 Å². The molecule has 0 bridgehead atoms. The van der Waals surface area contributed by atoms with Gasteiger partial charge < -0.3 is 24.7 Å². The van der Waals surface area contributed by atoms with Crippen molar-refractivity contribution >= 4 is 42.7 Å². The molecule has 0 saturated carbocycles. The fraction of sp³-hybridized carbons (Fsp3) is 0.556. The highest BCUT2D eigenvalue weighted by molar-refractivity contribution is 7.48. The minimum atomic E-state index is -4.01. The molecule has 0 aliphatic carbocycles. The Balaban J connectivity index is 1.23. The molecular formula is C27H33ClN5O9P. The number of fused-ring (bicyclic) bond motifs is 2. The topological polar surface area (TPSA) is 168 Å². The van der Waals surface area contributed by atoms with Crippen LogP contribution in [0.5, 0.6) is 5.88 Å². The molecule has 0 amide bonds. The fourth-order valence-corrected chi connectivity index (χ4v) is 7.13. The molecule has 6 atom stereocenters. The van der Waals surface area contributed by atoms with Gasteiger partial charge in [-0.2, -0.15) is 9.97 Å². The fourth-order valence-electron chi connectivity index (χ4n) is 5.54. The van der Waals surface area contributed by atoms with Gasteiger partial charge in [0.05, 0.1) is 32.3 Å². The first kappa shape index (κ1) is 30.0. The zero-order valence-electron chi connectivity index (χ0n) is 23.9. The lowest BCUT2D eigenvalue weighted by molar-refractivity contribution is -0.0925. The minimum Gasteiger partial charge on any atom is -0.476 e. The zero-order valence-corrected chi connectivity index (χ0v) is 25.5. The molecule has 3 fully saturated rings. The van der Waals surface area contributed by atoms with Gasteiger partial charge in [0.25, 0.3) is 0 Å². The van der Waals surface area contributed by atoms with Crippen LogP contribution in [0.1, 0.15) is 57.9 Å². The first-order valence-electron chi connectivity index (χ1n) is 14.1. The molecule has 43 heavy (non-hydrogen) atoms. The van der Waals surface area contributed by atoms with Crippen molar-refractivity contribution in [2.75, 3.05) is 25.6 Å². The van der Waals surface area contributed by atoms with E-state index in [-0.39, 0.29) is 25.0 Å². The van der Waals surface area contributed by atoms with Gasteiger partial charge in [-0.05, 0) is 30.5 Å². The molecular weight excluding hydrogens is 605 g/mol. The zero-order chi connectivity index (χ0) is 30.4. The van der Waals surface area contributed by atoms with E-state index in [9.17, 15) is 9.36 Å². The number of hydrogen-bond donors (Lipinski definition) is 1. The number of carbonyl (C=O) groups excluding carboxylic acids is 1. The van der Waals surface area contributed by atoms with Crippen LogP contribution in [0.25, 0.3) is 11.2 Å². The summed E-state index contributed by atoms with van der Waals surface area (Å²) in [4.78, 5) is 25.4. The van der Waals surface area contributed by atoms with Gasteiger partial charge >= 0.3 is 14.0 Å². The summed E-state index contributed by atoms with van der Waals surface area (Å²) in [5, 5.41) is 0.528. The van der Waals surface area contributed by atoms with Gasteiger partial charge in [-0.1, -0.05) is 50.4 Å². The van der Waals surface area contributed by atoms with E-state index in [2.05, 4.69) is 28.8 Å². The maximum absolute atomic E-state index is 13.5. The summed E-state index contributed by atoms with van der Waals surface area (Å²) in [6.07, 6.45) is -0.376. The highest BCUT2D eigenvalue weighted by Gasteiger charge is 2.64. The maximum Gasteiger partial charge on any atom is 0.509 e. The molecule has 6 rings (SSSR count). The quantitative estimate of drug-likeness (QED) is 0.223. The van der Waals surface area contributed by atoms with Crippen LogP contribution in [0.2, 0.25) is 5.02 Å². The van der Waals surface area contributed by atoms with Crippen LogP contribution in [0.3, 0.4) is 0 Å². The van der Waals surface area contributed by atoms with Crippen molar-refractivity contribution in [1.29, 1.82) is 0 Å². The summed E-state index contributed by atoms with van der Waals surface area (Å²) in [7, 11) is -4.01. The van der Waals surface area contributed by atoms with Gasteiger partial charge in [0.1, 0.15) is 6.10 Å². The first-order chi connectivity index (χ1) is 20.6. The van der Waals surface area contributed by atoms with Crippen molar-refractivity contribution in [3.63, 3.8) is 0 Å². The molecule has 5 heterocycles.